The number of carboxylic acid groups (broad SMARTS) is 1. The molecule has 3 aromatic carbocycles. The summed E-state index contributed by atoms with van der Waals surface area (Å²) in [5, 5.41) is 12.1. The van der Waals surface area contributed by atoms with Crippen LogP contribution >= 0.6 is 0 Å². The van der Waals surface area contributed by atoms with E-state index in [9.17, 15) is 24.3 Å². The van der Waals surface area contributed by atoms with Crippen LogP contribution in [0.2, 0.25) is 0 Å². The van der Waals surface area contributed by atoms with Gasteiger partial charge in [0.1, 0.15) is 18.7 Å². The number of aliphatic carboxylic acids is 1. The molecule has 0 fully saturated rings. The smallest absolute Gasteiger partial charge is 0.328 e. The first-order valence-electron chi connectivity index (χ1n) is 12.1. The lowest BCUT2D eigenvalue weighted by molar-refractivity contribution is -0.162. The Morgan fingerprint density at radius 1 is 0.921 bits per heavy atom. The second-order valence-corrected chi connectivity index (χ2v) is 9.00. The van der Waals surface area contributed by atoms with E-state index in [1.54, 1.807) is 30.3 Å². The van der Waals surface area contributed by atoms with Gasteiger partial charge in [0, 0.05) is 6.42 Å². The Hall–Kier alpha value is -4.50. The number of carbonyl (C=O) groups excluding carboxylic acids is 3. The van der Waals surface area contributed by atoms with Crippen LogP contribution in [-0.4, -0.2) is 48.1 Å². The molecule has 1 amide bonds. The normalized spacial score (nSPS) is 13.8. The Kier molecular flexibility index (Phi) is 8.18. The highest BCUT2D eigenvalue weighted by atomic mass is 16.5. The first-order valence-corrected chi connectivity index (χ1v) is 12.1. The zero-order chi connectivity index (χ0) is 27.2. The largest absolute Gasteiger partial charge is 0.481 e. The van der Waals surface area contributed by atoms with Crippen LogP contribution in [0.5, 0.6) is 0 Å². The van der Waals surface area contributed by atoms with E-state index in [2.05, 4.69) is 5.32 Å². The molecule has 0 bridgehead atoms. The number of carbonyl (C=O) groups is 4. The molecule has 0 spiro atoms. The lowest BCUT2D eigenvalue weighted by atomic mass is 9.98. The van der Waals surface area contributed by atoms with Crippen molar-refractivity contribution < 1.29 is 33.8 Å². The molecule has 3 atom stereocenters. The Bertz CT molecular complexity index is 1360. The molecule has 3 unspecified atom stereocenters. The second-order valence-electron chi connectivity index (χ2n) is 9.00. The third-order valence-corrected chi connectivity index (χ3v) is 6.58. The minimum absolute atomic E-state index is 0.0929. The fourth-order valence-corrected chi connectivity index (χ4v) is 4.60. The molecule has 0 saturated heterocycles. The minimum Gasteiger partial charge on any atom is -0.481 e. The van der Waals surface area contributed by atoms with Gasteiger partial charge in [-0.1, -0.05) is 72.8 Å². The maximum Gasteiger partial charge on any atom is 0.328 e. The van der Waals surface area contributed by atoms with Gasteiger partial charge in [0.05, 0.1) is 7.11 Å². The summed E-state index contributed by atoms with van der Waals surface area (Å²) in [5.74, 6) is -6.45. The minimum atomic E-state index is -1.97. The monoisotopic (exact) mass is 516 g/mol. The zero-order valence-electron chi connectivity index (χ0n) is 20.8. The molecule has 9 nitrogen and oxygen atoms in total. The van der Waals surface area contributed by atoms with Gasteiger partial charge in [-0.25, -0.2) is 4.79 Å². The summed E-state index contributed by atoms with van der Waals surface area (Å²) in [6, 6.07) is 19.6. The van der Waals surface area contributed by atoms with Crippen LogP contribution in [0.25, 0.3) is 11.1 Å². The van der Waals surface area contributed by atoms with Crippen LogP contribution in [0.15, 0.2) is 72.8 Å². The Morgan fingerprint density at radius 3 is 2.32 bits per heavy atom. The van der Waals surface area contributed by atoms with E-state index in [1.807, 2.05) is 42.5 Å². The highest BCUT2D eigenvalue weighted by molar-refractivity contribution is 6.01. The lowest BCUT2D eigenvalue weighted by Gasteiger charge is -2.22. The highest BCUT2D eigenvalue weighted by Gasteiger charge is 2.40. The Balaban J connectivity index is 1.44. The molecule has 0 aliphatic heterocycles. The van der Waals surface area contributed by atoms with Crippen LogP contribution in [0.3, 0.4) is 0 Å². The van der Waals surface area contributed by atoms with Crippen molar-refractivity contribution in [3.05, 3.63) is 95.1 Å². The van der Waals surface area contributed by atoms with Crippen molar-refractivity contribution >= 4 is 23.8 Å². The van der Waals surface area contributed by atoms with Crippen molar-refractivity contribution in [2.75, 3.05) is 7.11 Å². The van der Waals surface area contributed by atoms with Gasteiger partial charge >= 0.3 is 17.9 Å². The quantitative estimate of drug-likeness (QED) is 0.215. The third kappa shape index (κ3) is 5.73. The number of amides is 1. The Morgan fingerprint density at radius 2 is 1.61 bits per heavy atom. The van der Waals surface area contributed by atoms with Gasteiger partial charge < -0.3 is 25.6 Å². The Labute approximate surface area is 219 Å². The van der Waals surface area contributed by atoms with E-state index in [0.717, 1.165) is 33.4 Å². The van der Waals surface area contributed by atoms with E-state index in [1.165, 1.54) is 7.11 Å². The van der Waals surface area contributed by atoms with Gasteiger partial charge in [0.25, 0.3) is 0 Å². The molecule has 196 valence electrons. The number of esters is 2. The number of nitrogens with two attached hydrogens (primary N) is 1. The fourth-order valence-electron chi connectivity index (χ4n) is 4.60. The number of rotatable bonds is 10. The molecule has 4 N–H and O–H groups in total. The van der Waals surface area contributed by atoms with Crippen LogP contribution in [-0.2, 0) is 48.1 Å². The SMILES string of the molecule is COC(=O)C(Cc1ccccc1)NC(=O)C(N)C(C(=O)O)C(=O)OCc1cccc2c1Cc1ccccc1-2. The van der Waals surface area contributed by atoms with Crippen LogP contribution in [0, 0.1) is 5.92 Å². The number of carboxylic acids is 1. The molecule has 1 aliphatic rings. The van der Waals surface area contributed by atoms with Crippen molar-refractivity contribution in [3.8, 4) is 11.1 Å². The van der Waals surface area contributed by atoms with Gasteiger partial charge in [-0.15, -0.1) is 0 Å². The molecule has 0 heterocycles. The summed E-state index contributed by atoms with van der Waals surface area (Å²) >= 11 is 0. The standard InChI is InChI=1S/C29H28N2O7/c1-37-28(35)23(14-17-8-3-2-4-9-17)31-26(32)25(30)24(27(33)34)29(36)38-16-19-11-7-13-21-20-12-6-5-10-18(20)15-22(19)21/h2-13,23-25H,14-16,30H2,1H3,(H,31,32)(H,33,34). The summed E-state index contributed by atoms with van der Waals surface area (Å²) in [4.78, 5) is 49.9. The summed E-state index contributed by atoms with van der Waals surface area (Å²) in [6.07, 6.45) is 0.759. The molecular weight excluding hydrogens is 488 g/mol. The van der Waals surface area contributed by atoms with E-state index in [0.29, 0.717) is 6.42 Å². The maximum absolute atomic E-state index is 12.9. The molecule has 9 heteroatoms. The van der Waals surface area contributed by atoms with E-state index < -0.39 is 41.8 Å². The molecule has 4 rings (SSSR count). The predicted octanol–water partition coefficient (Wildman–Crippen LogP) is 2.23. The van der Waals surface area contributed by atoms with Crippen molar-refractivity contribution in [2.45, 2.75) is 31.5 Å². The van der Waals surface area contributed by atoms with Crippen LogP contribution in [0.1, 0.15) is 22.3 Å². The average molecular weight is 517 g/mol. The number of hydrogen-bond acceptors (Lipinski definition) is 7. The number of fused-ring (bicyclic) bond motifs is 3. The summed E-state index contributed by atoms with van der Waals surface area (Å²) in [6.45, 7) is -0.174. The molecule has 0 saturated carbocycles. The van der Waals surface area contributed by atoms with Crippen molar-refractivity contribution in [2.24, 2.45) is 11.7 Å². The maximum atomic E-state index is 12.9. The topological polar surface area (TPSA) is 145 Å². The van der Waals surface area contributed by atoms with Crippen molar-refractivity contribution in [1.29, 1.82) is 0 Å². The number of benzene rings is 3. The molecule has 1 aliphatic carbocycles. The predicted molar refractivity (Wildman–Crippen MR) is 138 cm³/mol. The number of methoxy groups -OCH3 is 1. The van der Waals surface area contributed by atoms with Gasteiger partial charge in [-0.2, -0.15) is 0 Å². The number of nitrogens with one attached hydrogen (secondary N) is 1. The van der Waals surface area contributed by atoms with E-state index in [4.69, 9.17) is 15.2 Å². The fraction of sp³-hybridized carbons (Fsp3) is 0.241. The number of ether oxygens (including phenoxy) is 2. The first kappa shape index (κ1) is 26.6. The van der Waals surface area contributed by atoms with Gasteiger partial charge in [0.2, 0.25) is 5.91 Å². The van der Waals surface area contributed by atoms with E-state index in [-0.39, 0.29) is 13.0 Å². The molecule has 38 heavy (non-hydrogen) atoms. The molecular formula is C29H28N2O7. The highest BCUT2D eigenvalue weighted by Crippen LogP contribution is 2.38. The third-order valence-electron chi connectivity index (χ3n) is 6.58. The first-order chi connectivity index (χ1) is 18.3. The molecule has 3 aromatic rings. The lowest BCUT2D eigenvalue weighted by Crippen LogP contribution is -2.55. The van der Waals surface area contributed by atoms with Gasteiger partial charge in [-0.05, 0) is 39.8 Å². The molecule has 0 aromatic heterocycles. The van der Waals surface area contributed by atoms with Gasteiger partial charge in [0.15, 0.2) is 5.92 Å². The average Bonchev–Trinajstić information content (AvgIpc) is 3.31. The van der Waals surface area contributed by atoms with E-state index >= 15 is 0 Å². The number of hydrogen-bond donors (Lipinski definition) is 3. The zero-order valence-corrected chi connectivity index (χ0v) is 20.8. The summed E-state index contributed by atoms with van der Waals surface area (Å²) in [7, 11) is 1.17. The van der Waals surface area contributed by atoms with Gasteiger partial charge in [-0.3, -0.25) is 14.4 Å². The summed E-state index contributed by atoms with van der Waals surface area (Å²) < 4.78 is 10.1. The van der Waals surface area contributed by atoms with Crippen LogP contribution in [0.4, 0.5) is 0 Å². The van der Waals surface area contributed by atoms with Crippen molar-refractivity contribution in [3.63, 3.8) is 0 Å². The van der Waals surface area contributed by atoms with Crippen LogP contribution < -0.4 is 11.1 Å². The second kappa shape index (κ2) is 11.7. The molecule has 0 radical (unpaired) electrons. The van der Waals surface area contributed by atoms with Crippen molar-refractivity contribution in [1.82, 2.24) is 5.32 Å². The summed E-state index contributed by atoms with van der Waals surface area (Å²) in [5.41, 5.74) is 11.7.